The van der Waals surface area contributed by atoms with Gasteiger partial charge in [0.15, 0.2) is 0 Å². The van der Waals surface area contributed by atoms with Gasteiger partial charge in [-0.05, 0) is 31.4 Å². The fourth-order valence-corrected chi connectivity index (χ4v) is 4.34. The molecule has 1 atom stereocenters. The molecule has 0 amide bonds. The van der Waals surface area contributed by atoms with Gasteiger partial charge in [-0.1, -0.05) is 18.6 Å². The first kappa shape index (κ1) is 14.3. The van der Waals surface area contributed by atoms with Gasteiger partial charge in [0.05, 0.1) is 0 Å². The molecule has 0 radical (unpaired) electrons. The fraction of sp³-hybridized carbons (Fsp3) is 0.538. The van der Waals surface area contributed by atoms with Crippen LogP contribution in [0.5, 0.6) is 5.75 Å². The topological polar surface area (TPSA) is 77.8 Å². The van der Waals surface area contributed by atoms with Gasteiger partial charge in [0.25, 0.3) is 0 Å². The summed E-state index contributed by atoms with van der Waals surface area (Å²) in [7, 11) is -3.69. The average molecular weight is 285 g/mol. The lowest BCUT2D eigenvalue weighted by Gasteiger charge is -2.34. The van der Waals surface area contributed by atoms with Crippen molar-refractivity contribution in [2.75, 3.05) is 13.2 Å². The molecule has 1 aromatic rings. The van der Waals surface area contributed by atoms with E-state index in [0.29, 0.717) is 13.0 Å². The van der Waals surface area contributed by atoms with E-state index in [1.165, 1.54) is 16.4 Å². The number of aliphatic hydroxyl groups excluding tert-OH is 1. The summed E-state index contributed by atoms with van der Waals surface area (Å²) < 4.78 is 26.6. The molecule has 1 saturated heterocycles. The molecule has 0 bridgehead atoms. The first-order chi connectivity index (χ1) is 9.07. The summed E-state index contributed by atoms with van der Waals surface area (Å²) in [6, 6.07) is 5.80. The third-order valence-corrected chi connectivity index (χ3v) is 5.49. The molecule has 0 aliphatic carbocycles. The smallest absolute Gasteiger partial charge is 0.247 e. The zero-order chi connectivity index (χ0) is 13.9. The normalized spacial score (nSPS) is 21.4. The predicted molar refractivity (Wildman–Crippen MR) is 71.3 cm³/mol. The number of piperidine rings is 1. The van der Waals surface area contributed by atoms with Crippen LogP contribution in [0.3, 0.4) is 0 Å². The van der Waals surface area contributed by atoms with Crippen molar-refractivity contribution >= 4 is 10.0 Å². The monoisotopic (exact) mass is 285 g/mol. The van der Waals surface area contributed by atoms with Gasteiger partial charge in [0.2, 0.25) is 10.0 Å². The summed E-state index contributed by atoms with van der Waals surface area (Å²) in [5.74, 6) is -0.226. The highest BCUT2D eigenvalue weighted by molar-refractivity contribution is 7.89. The quantitative estimate of drug-likeness (QED) is 0.874. The van der Waals surface area contributed by atoms with Crippen LogP contribution in [-0.2, 0) is 10.0 Å². The number of sulfonamides is 1. The van der Waals surface area contributed by atoms with Crippen LogP contribution in [0.2, 0.25) is 0 Å². The summed E-state index contributed by atoms with van der Waals surface area (Å²) in [5.41, 5.74) is 0. The highest BCUT2D eigenvalue weighted by Gasteiger charge is 2.34. The molecule has 0 saturated carbocycles. The molecule has 106 valence electrons. The van der Waals surface area contributed by atoms with Crippen molar-refractivity contribution in [2.24, 2.45) is 0 Å². The molecule has 0 spiro atoms. The van der Waals surface area contributed by atoms with Crippen LogP contribution in [0.1, 0.15) is 25.7 Å². The van der Waals surface area contributed by atoms with Crippen LogP contribution >= 0.6 is 0 Å². The van der Waals surface area contributed by atoms with Crippen molar-refractivity contribution in [3.63, 3.8) is 0 Å². The second-order valence-electron chi connectivity index (χ2n) is 4.75. The number of aliphatic hydroxyl groups is 1. The Labute approximate surface area is 113 Å². The van der Waals surface area contributed by atoms with Crippen LogP contribution < -0.4 is 0 Å². The van der Waals surface area contributed by atoms with Crippen molar-refractivity contribution in [3.05, 3.63) is 24.3 Å². The standard InChI is InChI=1S/C13H19NO4S/c15-10-8-11-5-3-4-9-14(11)19(17,18)13-7-2-1-6-12(13)16/h1-2,6-7,11,15-16H,3-5,8-10H2. The third kappa shape index (κ3) is 2.91. The number of phenolic OH excluding ortho intramolecular Hbond substituents is 1. The molecule has 0 aromatic heterocycles. The third-order valence-electron chi connectivity index (χ3n) is 3.49. The van der Waals surface area contributed by atoms with E-state index >= 15 is 0 Å². The number of aromatic hydroxyl groups is 1. The lowest BCUT2D eigenvalue weighted by Crippen LogP contribution is -2.44. The Hall–Kier alpha value is -1.11. The molecule has 19 heavy (non-hydrogen) atoms. The van der Waals surface area contributed by atoms with Gasteiger partial charge in [-0.15, -0.1) is 0 Å². The second kappa shape index (κ2) is 5.90. The highest BCUT2D eigenvalue weighted by atomic mass is 32.2. The minimum absolute atomic E-state index is 0.0303. The average Bonchev–Trinajstić information content (AvgIpc) is 2.40. The molecule has 5 nitrogen and oxygen atoms in total. The molecular weight excluding hydrogens is 266 g/mol. The lowest BCUT2D eigenvalue weighted by molar-refractivity contribution is 0.192. The maximum Gasteiger partial charge on any atom is 0.247 e. The van der Waals surface area contributed by atoms with E-state index in [2.05, 4.69) is 0 Å². The van der Waals surface area contributed by atoms with Crippen LogP contribution in [-0.4, -0.2) is 42.1 Å². The number of nitrogens with zero attached hydrogens (tertiary/aromatic N) is 1. The summed E-state index contributed by atoms with van der Waals surface area (Å²) in [4.78, 5) is -0.0557. The van der Waals surface area contributed by atoms with Crippen molar-refractivity contribution in [3.8, 4) is 5.75 Å². The van der Waals surface area contributed by atoms with E-state index < -0.39 is 10.0 Å². The van der Waals surface area contributed by atoms with Crippen molar-refractivity contribution in [2.45, 2.75) is 36.6 Å². The summed E-state index contributed by atoms with van der Waals surface area (Å²) in [5, 5.41) is 18.8. The Morgan fingerprint density at radius 1 is 1.26 bits per heavy atom. The Balaban J connectivity index is 2.35. The summed E-state index contributed by atoms with van der Waals surface area (Å²) >= 11 is 0. The molecule has 1 unspecified atom stereocenters. The van der Waals surface area contributed by atoms with E-state index in [4.69, 9.17) is 5.11 Å². The van der Waals surface area contributed by atoms with Crippen molar-refractivity contribution in [1.82, 2.24) is 4.31 Å². The lowest BCUT2D eigenvalue weighted by atomic mass is 10.0. The summed E-state index contributed by atoms with van der Waals surface area (Å²) in [6.07, 6.45) is 2.98. The van der Waals surface area contributed by atoms with Gasteiger partial charge >= 0.3 is 0 Å². The van der Waals surface area contributed by atoms with E-state index in [9.17, 15) is 13.5 Å². The van der Waals surface area contributed by atoms with Crippen LogP contribution in [0.15, 0.2) is 29.2 Å². The van der Waals surface area contributed by atoms with Gasteiger partial charge in [-0.3, -0.25) is 0 Å². The van der Waals surface area contributed by atoms with Gasteiger partial charge in [-0.25, -0.2) is 8.42 Å². The largest absolute Gasteiger partial charge is 0.507 e. The number of benzene rings is 1. The zero-order valence-corrected chi connectivity index (χ0v) is 11.5. The van der Waals surface area contributed by atoms with Gasteiger partial charge < -0.3 is 10.2 Å². The van der Waals surface area contributed by atoms with Crippen molar-refractivity contribution in [1.29, 1.82) is 0 Å². The van der Waals surface area contributed by atoms with Gasteiger partial charge in [-0.2, -0.15) is 4.31 Å². The molecule has 1 aliphatic rings. The molecule has 2 rings (SSSR count). The van der Waals surface area contributed by atoms with Crippen LogP contribution in [0.4, 0.5) is 0 Å². The number of hydrogen-bond donors (Lipinski definition) is 2. The van der Waals surface area contributed by atoms with Crippen molar-refractivity contribution < 1.29 is 18.6 Å². The number of hydrogen-bond acceptors (Lipinski definition) is 4. The van der Waals surface area contributed by atoms with E-state index in [-0.39, 0.29) is 23.3 Å². The first-order valence-corrected chi connectivity index (χ1v) is 7.92. The van der Waals surface area contributed by atoms with E-state index in [0.717, 1.165) is 19.3 Å². The molecule has 1 fully saturated rings. The number of para-hydroxylation sites is 1. The Morgan fingerprint density at radius 2 is 2.00 bits per heavy atom. The van der Waals surface area contributed by atoms with Crippen LogP contribution in [0, 0.1) is 0 Å². The minimum Gasteiger partial charge on any atom is -0.507 e. The minimum atomic E-state index is -3.69. The van der Waals surface area contributed by atoms with E-state index in [1.54, 1.807) is 12.1 Å². The molecule has 2 N–H and O–H groups in total. The Kier molecular flexibility index (Phi) is 4.44. The van der Waals surface area contributed by atoms with Gasteiger partial charge in [0.1, 0.15) is 10.6 Å². The van der Waals surface area contributed by atoms with Crippen LogP contribution in [0.25, 0.3) is 0 Å². The SMILES string of the molecule is O=S(=O)(c1ccccc1O)N1CCCCC1CCO. The molecule has 1 aliphatic heterocycles. The fourth-order valence-electron chi connectivity index (χ4n) is 2.53. The van der Waals surface area contributed by atoms with Gasteiger partial charge in [0, 0.05) is 19.2 Å². The number of phenols is 1. The molecule has 1 aromatic carbocycles. The maximum absolute atomic E-state index is 12.6. The maximum atomic E-state index is 12.6. The molecule has 6 heteroatoms. The predicted octanol–water partition coefficient (Wildman–Crippen LogP) is 1.32. The first-order valence-electron chi connectivity index (χ1n) is 6.48. The molecular formula is C13H19NO4S. The number of rotatable bonds is 4. The zero-order valence-electron chi connectivity index (χ0n) is 10.7. The Morgan fingerprint density at radius 3 is 2.68 bits per heavy atom. The second-order valence-corrected chi connectivity index (χ2v) is 6.60. The Bertz CT molecular complexity index is 527. The summed E-state index contributed by atoms with van der Waals surface area (Å²) in [6.45, 7) is 0.415. The van der Waals surface area contributed by atoms with E-state index in [1.807, 2.05) is 0 Å². The highest BCUT2D eigenvalue weighted by Crippen LogP contribution is 2.30. The molecule has 1 heterocycles.